The topological polar surface area (TPSA) is 40.5 Å². The molecule has 0 heterocycles. The van der Waals surface area contributed by atoms with Crippen LogP contribution in [0.5, 0.6) is 5.75 Å². The summed E-state index contributed by atoms with van der Waals surface area (Å²) in [5.74, 6) is -2.68. The van der Waals surface area contributed by atoms with Crippen molar-refractivity contribution >= 4 is 5.91 Å². The maximum Gasteiger partial charge on any atom is 0.257 e. The van der Waals surface area contributed by atoms with Crippen LogP contribution in [0.3, 0.4) is 0 Å². The summed E-state index contributed by atoms with van der Waals surface area (Å²) in [6, 6.07) is 9.53. The molecule has 0 radical (unpaired) electrons. The van der Waals surface area contributed by atoms with E-state index >= 15 is 0 Å². The molecule has 2 rings (SSSR count). The first-order valence-electron chi connectivity index (χ1n) is 6.42. The fraction of sp³-hybridized carbons (Fsp3) is 0.188. The average molecular weight is 291 g/mol. The van der Waals surface area contributed by atoms with Gasteiger partial charge in [0.2, 0.25) is 0 Å². The predicted molar refractivity (Wildman–Crippen MR) is 75.0 cm³/mol. The van der Waals surface area contributed by atoms with Gasteiger partial charge in [-0.15, -0.1) is 0 Å². The zero-order valence-corrected chi connectivity index (χ0v) is 11.7. The number of phenols is 1. The summed E-state index contributed by atoms with van der Waals surface area (Å²) in [5, 5.41) is 9.26. The molecule has 2 aromatic rings. The fourth-order valence-electron chi connectivity index (χ4n) is 2.01. The summed E-state index contributed by atoms with van der Waals surface area (Å²) in [6.45, 7) is 1.77. The first-order chi connectivity index (χ1) is 9.91. The van der Waals surface area contributed by atoms with Crippen LogP contribution in [0, 0.1) is 11.6 Å². The van der Waals surface area contributed by atoms with Gasteiger partial charge in [0.25, 0.3) is 5.91 Å². The number of amides is 1. The minimum absolute atomic E-state index is 0.121. The fourth-order valence-corrected chi connectivity index (χ4v) is 2.01. The summed E-state index contributed by atoms with van der Waals surface area (Å²) in [4.78, 5) is 13.6. The van der Waals surface area contributed by atoms with Crippen molar-refractivity contribution in [2.45, 2.75) is 13.0 Å². The van der Waals surface area contributed by atoms with Gasteiger partial charge in [-0.3, -0.25) is 4.79 Å². The third kappa shape index (κ3) is 3.02. The lowest BCUT2D eigenvalue weighted by atomic mass is 10.1. The summed E-state index contributed by atoms with van der Waals surface area (Å²) in [7, 11) is 1.52. The average Bonchev–Trinajstić information content (AvgIpc) is 2.48. The molecule has 5 heteroatoms. The monoisotopic (exact) mass is 291 g/mol. The van der Waals surface area contributed by atoms with Crippen molar-refractivity contribution in [3.05, 3.63) is 65.2 Å². The molecule has 0 saturated carbocycles. The maximum atomic E-state index is 13.7. The lowest BCUT2D eigenvalue weighted by Gasteiger charge is -2.25. The Morgan fingerprint density at radius 3 is 2.38 bits per heavy atom. The van der Waals surface area contributed by atoms with E-state index in [2.05, 4.69) is 0 Å². The number of carbonyl (C=O) groups is 1. The second kappa shape index (κ2) is 5.91. The molecule has 2 aromatic carbocycles. The van der Waals surface area contributed by atoms with Gasteiger partial charge in [0, 0.05) is 7.05 Å². The zero-order chi connectivity index (χ0) is 15.6. The number of carbonyl (C=O) groups excluding carboxylic acids is 1. The molecule has 21 heavy (non-hydrogen) atoms. The zero-order valence-electron chi connectivity index (χ0n) is 11.7. The van der Waals surface area contributed by atoms with Crippen LogP contribution < -0.4 is 0 Å². The van der Waals surface area contributed by atoms with E-state index in [1.54, 1.807) is 19.1 Å². The van der Waals surface area contributed by atoms with E-state index < -0.39 is 17.5 Å². The number of hydrogen-bond acceptors (Lipinski definition) is 2. The lowest BCUT2D eigenvalue weighted by molar-refractivity contribution is 0.0736. The molecular weight excluding hydrogens is 276 g/mol. The first-order valence-corrected chi connectivity index (χ1v) is 6.42. The third-order valence-electron chi connectivity index (χ3n) is 3.46. The van der Waals surface area contributed by atoms with Crippen LogP contribution in [0.25, 0.3) is 0 Å². The van der Waals surface area contributed by atoms with Crippen LogP contribution in [0.2, 0.25) is 0 Å². The highest BCUT2D eigenvalue weighted by atomic mass is 19.2. The Labute approximate surface area is 121 Å². The van der Waals surface area contributed by atoms with Gasteiger partial charge in [-0.05, 0) is 36.8 Å². The van der Waals surface area contributed by atoms with Gasteiger partial charge < -0.3 is 10.0 Å². The molecule has 1 atom stereocenters. The van der Waals surface area contributed by atoms with E-state index in [9.17, 15) is 18.7 Å². The van der Waals surface area contributed by atoms with E-state index in [-0.39, 0.29) is 17.4 Å². The summed E-state index contributed by atoms with van der Waals surface area (Å²) in [6.07, 6.45) is 0. The number of nitrogens with zero attached hydrogens (tertiary/aromatic N) is 1. The summed E-state index contributed by atoms with van der Waals surface area (Å²) in [5.41, 5.74) is 0.476. The van der Waals surface area contributed by atoms with Crippen molar-refractivity contribution < 1.29 is 18.7 Å². The Hall–Kier alpha value is -2.43. The highest BCUT2D eigenvalue weighted by molar-refractivity contribution is 5.94. The highest BCUT2D eigenvalue weighted by Crippen LogP contribution is 2.23. The number of phenolic OH excluding ortho intramolecular Hbond substituents is 1. The van der Waals surface area contributed by atoms with Gasteiger partial charge in [-0.1, -0.05) is 18.2 Å². The van der Waals surface area contributed by atoms with Gasteiger partial charge in [-0.25, -0.2) is 8.78 Å². The second-order valence-corrected chi connectivity index (χ2v) is 4.78. The maximum absolute atomic E-state index is 13.7. The standard InChI is InChI=1S/C16H15F2NO2/c1-10(11-6-8-12(20)9-7-11)19(2)16(21)13-4-3-5-14(17)15(13)18/h3-10,20H,1-2H3. The minimum atomic E-state index is -1.15. The Balaban J connectivity index is 2.26. The molecule has 0 spiro atoms. The van der Waals surface area contributed by atoms with Crippen LogP contribution in [-0.4, -0.2) is 23.0 Å². The van der Waals surface area contributed by atoms with Crippen molar-refractivity contribution in [1.29, 1.82) is 0 Å². The molecule has 110 valence electrons. The second-order valence-electron chi connectivity index (χ2n) is 4.78. The van der Waals surface area contributed by atoms with Crippen molar-refractivity contribution in [1.82, 2.24) is 4.90 Å². The largest absolute Gasteiger partial charge is 0.508 e. The molecule has 1 N–H and O–H groups in total. The molecule has 0 aromatic heterocycles. The highest BCUT2D eigenvalue weighted by Gasteiger charge is 2.22. The van der Waals surface area contributed by atoms with E-state index in [0.29, 0.717) is 0 Å². The molecule has 3 nitrogen and oxygen atoms in total. The van der Waals surface area contributed by atoms with Crippen molar-refractivity contribution in [3.8, 4) is 5.75 Å². The minimum Gasteiger partial charge on any atom is -0.508 e. The Morgan fingerprint density at radius 1 is 1.14 bits per heavy atom. The molecule has 0 fully saturated rings. The summed E-state index contributed by atoms with van der Waals surface area (Å²) >= 11 is 0. The molecule has 0 aliphatic rings. The molecule has 0 bridgehead atoms. The van der Waals surface area contributed by atoms with E-state index in [0.717, 1.165) is 11.6 Å². The van der Waals surface area contributed by atoms with E-state index in [1.165, 1.54) is 36.2 Å². The lowest BCUT2D eigenvalue weighted by Crippen LogP contribution is -2.30. The van der Waals surface area contributed by atoms with Crippen LogP contribution in [-0.2, 0) is 0 Å². The predicted octanol–water partition coefficient (Wildman–Crippen LogP) is 3.50. The summed E-state index contributed by atoms with van der Waals surface area (Å²) < 4.78 is 26.9. The Morgan fingerprint density at radius 2 is 1.76 bits per heavy atom. The van der Waals surface area contributed by atoms with Gasteiger partial charge >= 0.3 is 0 Å². The first kappa shape index (κ1) is 15.0. The molecule has 1 amide bonds. The SMILES string of the molecule is CC(c1ccc(O)cc1)N(C)C(=O)c1cccc(F)c1F. The molecule has 1 unspecified atom stereocenters. The quantitative estimate of drug-likeness (QED) is 0.940. The number of benzene rings is 2. The third-order valence-corrected chi connectivity index (χ3v) is 3.46. The Kier molecular flexibility index (Phi) is 4.21. The van der Waals surface area contributed by atoms with Crippen LogP contribution in [0.1, 0.15) is 28.9 Å². The van der Waals surface area contributed by atoms with Crippen molar-refractivity contribution in [3.63, 3.8) is 0 Å². The van der Waals surface area contributed by atoms with Gasteiger partial charge in [-0.2, -0.15) is 0 Å². The van der Waals surface area contributed by atoms with E-state index in [4.69, 9.17) is 0 Å². The smallest absolute Gasteiger partial charge is 0.257 e. The van der Waals surface area contributed by atoms with Gasteiger partial charge in [0.05, 0.1) is 11.6 Å². The van der Waals surface area contributed by atoms with E-state index in [1.807, 2.05) is 0 Å². The number of halogens is 2. The van der Waals surface area contributed by atoms with Gasteiger partial charge in [0.1, 0.15) is 5.75 Å². The van der Waals surface area contributed by atoms with Gasteiger partial charge in [0.15, 0.2) is 11.6 Å². The normalized spacial score (nSPS) is 12.0. The van der Waals surface area contributed by atoms with Crippen LogP contribution >= 0.6 is 0 Å². The molecular formula is C16H15F2NO2. The molecule has 0 aliphatic heterocycles. The van der Waals surface area contributed by atoms with Crippen LogP contribution in [0.15, 0.2) is 42.5 Å². The number of aromatic hydroxyl groups is 1. The molecule has 0 saturated heterocycles. The number of rotatable bonds is 3. The molecule has 0 aliphatic carbocycles. The van der Waals surface area contributed by atoms with Crippen molar-refractivity contribution in [2.75, 3.05) is 7.05 Å². The van der Waals surface area contributed by atoms with Crippen molar-refractivity contribution in [2.24, 2.45) is 0 Å². The van der Waals surface area contributed by atoms with Crippen LogP contribution in [0.4, 0.5) is 8.78 Å². The number of hydrogen-bond donors (Lipinski definition) is 1. The Bertz CT molecular complexity index is 656.